The third-order valence-corrected chi connectivity index (χ3v) is 1.56. The monoisotopic (exact) mass is 168 g/mol. The highest BCUT2D eigenvalue weighted by molar-refractivity contribution is 6.48. The maximum Gasteiger partial charge on any atom is 0.233 e. The average molecular weight is 168 g/mol. The van der Waals surface area contributed by atoms with Crippen LogP contribution >= 0.6 is 0 Å². The minimum Gasteiger partial charge on any atom is -0.350 e. The van der Waals surface area contributed by atoms with Gasteiger partial charge in [0.2, 0.25) is 9.04 Å². The van der Waals surface area contributed by atoms with Gasteiger partial charge in [-0.2, -0.15) is 0 Å². The van der Waals surface area contributed by atoms with Gasteiger partial charge in [0.05, 0.1) is 0 Å². The van der Waals surface area contributed by atoms with Crippen molar-refractivity contribution in [2.75, 3.05) is 0 Å². The molecular formula is C8H12O2Si. The van der Waals surface area contributed by atoms with Crippen molar-refractivity contribution in [3.05, 3.63) is 30.3 Å². The van der Waals surface area contributed by atoms with Crippen molar-refractivity contribution in [2.45, 2.75) is 13.1 Å². The van der Waals surface area contributed by atoms with Crippen LogP contribution in [-0.4, -0.2) is 9.04 Å². The smallest absolute Gasteiger partial charge is 0.233 e. The van der Waals surface area contributed by atoms with Gasteiger partial charge in [-0.3, -0.25) is 0 Å². The van der Waals surface area contributed by atoms with E-state index in [0.717, 1.165) is 5.75 Å². The topological polar surface area (TPSA) is 18.5 Å². The molecule has 60 valence electrons. The average Bonchev–Trinajstić information content (AvgIpc) is 2.03. The Morgan fingerprint density at radius 2 is 1.73 bits per heavy atom. The Labute approximate surface area is 68.4 Å². The van der Waals surface area contributed by atoms with E-state index in [1.54, 1.807) is 0 Å². The Morgan fingerprint density at radius 1 is 1.09 bits per heavy atom. The van der Waals surface area contributed by atoms with Crippen LogP contribution in [0.4, 0.5) is 0 Å². The third-order valence-electron chi connectivity index (χ3n) is 1.08. The van der Waals surface area contributed by atoms with Crippen LogP contribution in [0, 0.1) is 0 Å². The molecule has 0 radical (unpaired) electrons. The van der Waals surface area contributed by atoms with Gasteiger partial charge in [-0.05, 0) is 25.2 Å². The standard InChI is InChI=1S/C8H12O2Si/c1-11(2)10-9-8-6-4-3-5-7-8/h3-7,11H,1-2H3. The van der Waals surface area contributed by atoms with Gasteiger partial charge in [0, 0.05) is 0 Å². The quantitative estimate of drug-likeness (QED) is 0.390. The number of hydrogen-bond donors (Lipinski definition) is 0. The maximum absolute atomic E-state index is 5.07. The van der Waals surface area contributed by atoms with E-state index in [0.29, 0.717) is 0 Å². The normalized spacial score (nSPS) is 10.1. The summed E-state index contributed by atoms with van der Waals surface area (Å²) in [5.74, 6) is 0.772. The first kappa shape index (κ1) is 8.29. The van der Waals surface area contributed by atoms with Crippen molar-refractivity contribution in [3.8, 4) is 5.75 Å². The fraction of sp³-hybridized carbons (Fsp3) is 0.250. The van der Waals surface area contributed by atoms with E-state index in [1.165, 1.54) is 0 Å². The highest BCUT2D eigenvalue weighted by Crippen LogP contribution is 2.08. The molecule has 1 rings (SSSR count). The zero-order valence-corrected chi connectivity index (χ0v) is 7.94. The molecule has 0 spiro atoms. The summed E-state index contributed by atoms with van der Waals surface area (Å²) in [6.07, 6.45) is 0. The lowest BCUT2D eigenvalue weighted by Crippen LogP contribution is -2.10. The van der Waals surface area contributed by atoms with Crippen LogP contribution in [0.2, 0.25) is 13.1 Å². The molecular weight excluding hydrogens is 156 g/mol. The summed E-state index contributed by atoms with van der Waals surface area (Å²) in [6, 6.07) is 9.52. The fourth-order valence-electron chi connectivity index (χ4n) is 0.628. The van der Waals surface area contributed by atoms with Crippen LogP contribution in [0.15, 0.2) is 30.3 Å². The molecule has 0 fully saturated rings. The van der Waals surface area contributed by atoms with Crippen LogP contribution in [-0.2, 0) is 4.58 Å². The molecule has 0 aliphatic heterocycles. The molecule has 11 heavy (non-hydrogen) atoms. The van der Waals surface area contributed by atoms with Crippen molar-refractivity contribution >= 4 is 9.04 Å². The van der Waals surface area contributed by atoms with E-state index in [4.69, 9.17) is 9.46 Å². The summed E-state index contributed by atoms with van der Waals surface area (Å²) in [5.41, 5.74) is 0. The SMILES string of the molecule is C[SiH](C)OOc1ccccc1. The molecule has 0 unspecified atom stereocenters. The first-order valence-corrected chi connectivity index (χ1v) is 6.45. The number of para-hydroxylation sites is 1. The molecule has 2 nitrogen and oxygen atoms in total. The molecule has 0 heterocycles. The summed E-state index contributed by atoms with van der Waals surface area (Å²) in [4.78, 5) is 5.03. The number of benzene rings is 1. The first-order valence-electron chi connectivity index (χ1n) is 3.67. The minimum atomic E-state index is -1.06. The van der Waals surface area contributed by atoms with Gasteiger partial charge in [0.25, 0.3) is 0 Å². The summed E-state index contributed by atoms with van der Waals surface area (Å²) >= 11 is 0. The van der Waals surface area contributed by atoms with E-state index in [2.05, 4.69) is 13.1 Å². The Hall–Kier alpha value is -0.803. The zero-order chi connectivity index (χ0) is 8.10. The van der Waals surface area contributed by atoms with Crippen molar-refractivity contribution in [1.29, 1.82) is 0 Å². The second-order valence-electron chi connectivity index (χ2n) is 2.54. The second kappa shape index (κ2) is 4.15. The van der Waals surface area contributed by atoms with Gasteiger partial charge >= 0.3 is 0 Å². The highest BCUT2D eigenvalue weighted by Gasteiger charge is 1.97. The van der Waals surface area contributed by atoms with Crippen LogP contribution in [0.3, 0.4) is 0 Å². The van der Waals surface area contributed by atoms with Crippen molar-refractivity contribution < 1.29 is 9.46 Å². The molecule has 3 heteroatoms. The molecule has 0 atom stereocenters. The van der Waals surface area contributed by atoms with Crippen LogP contribution in [0.5, 0.6) is 5.75 Å². The second-order valence-corrected chi connectivity index (χ2v) is 4.83. The van der Waals surface area contributed by atoms with Gasteiger partial charge in [-0.25, -0.2) is 4.58 Å². The lowest BCUT2D eigenvalue weighted by molar-refractivity contribution is -0.104. The molecule has 1 aromatic carbocycles. The van der Waals surface area contributed by atoms with Gasteiger partial charge < -0.3 is 4.89 Å². The van der Waals surface area contributed by atoms with Crippen molar-refractivity contribution in [1.82, 2.24) is 0 Å². The molecule has 0 N–H and O–H groups in total. The van der Waals surface area contributed by atoms with Crippen LogP contribution in [0.1, 0.15) is 0 Å². The molecule has 0 aromatic heterocycles. The van der Waals surface area contributed by atoms with E-state index in [9.17, 15) is 0 Å². The predicted molar refractivity (Wildman–Crippen MR) is 47.0 cm³/mol. The predicted octanol–water partition coefficient (Wildman–Crippen LogP) is 1.98. The Bertz CT molecular complexity index is 199. The fourth-order valence-corrected chi connectivity index (χ4v) is 0.931. The first-order chi connectivity index (χ1) is 5.29. The number of hydrogen-bond acceptors (Lipinski definition) is 2. The highest BCUT2D eigenvalue weighted by atomic mass is 28.3. The van der Waals surface area contributed by atoms with Crippen molar-refractivity contribution in [2.24, 2.45) is 0 Å². The zero-order valence-electron chi connectivity index (χ0n) is 6.78. The Kier molecular flexibility index (Phi) is 3.13. The maximum atomic E-state index is 5.07. The van der Waals surface area contributed by atoms with E-state index in [-0.39, 0.29) is 0 Å². The molecule has 1 aromatic rings. The van der Waals surface area contributed by atoms with Gasteiger partial charge in [0.1, 0.15) is 0 Å². The Balaban J connectivity index is 2.39. The molecule has 0 amide bonds. The molecule has 0 aliphatic carbocycles. The summed E-state index contributed by atoms with van der Waals surface area (Å²) < 4.78 is 5.07. The molecule has 0 saturated heterocycles. The molecule has 0 saturated carbocycles. The number of rotatable bonds is 3. The van der Waals surface area contributed by atoms with Gasteiger partial charge in [0.15, 0.2) is 5.75 Å². The van der Waals surface area contributed by atoms with Gasteiger partial charge in [-0.1, -0.05) is 18.2 Å². The van der Waals surface area contributed by atoms with E-state index in [1.807, 2.05) is 30.3 Å². The lowest BCUT2D eigenvalue weighted by Gasteiger charge is -2.05. The summed E-state index contributed by atoms with van der Waals surface area (Å²) in [6.45, 7) is 4.12. The summed E-state index contributed by atoms with van der Waals surface area (Å²) in [7, 11) is -1.06. The largest absolute Gasteiger partial charge is 0.350 e. The van der Waals surface area contributed by atoms with Gasteiger partial charge in [-0.15, -0.1) is 0 Å². The van der Waals surface area contributed by atoms with Crippen LogP contribution in [0.25, 0.3) is 0 Å². The van der Waals surface area contributed by atoms with E-state index < -0.39 is 9.04 Å². The van der Waals surface area contributed by atoms with Crippen molar-refractivity contribution in [3.63, 3.8) is 0 Å². The lowest BCUT2D eigenvalue weighted by atomic mass is 10.3. The molecule has 0 bridgehead atoms. The van der Waals surface area contributed by atoms with E-state index >= 15 is 0 Å². The Morgan fingerprint density at radius 3 is 2.27 bits per heavy atom. The molecule has 0 aliphatic rings. The minimum absolute atomic E-state index is 0.772. The third kappa shape index (κ3) is 3.20. The summed E-state index contributed by atoms with van der Waals surface area (Å²) in [5, 5.41) is 0. The van der Waals surface area contributed by atoms with Crippen LogP contribution < -0.4 is 4.89 Å².